The molecule has 3 atom stereocenters. The molecule has 1 aliphatic carbocycles. The summed E-state index contributed by atoms with van der Waals surface area (Å²) in [7, 11) is -0.414. The summed E-state index contributed by atoms with van der Waals surface area (Å²) in [5.74, 6) is -5.07. The highest BCUT2D eigenvalue weighted by Gasteiger charge is 2.60. The van der Waals surface area contributed by atoms with Gasteiger partial charge in [0, 0.05) is 25.9 Å². The molecular weight excluding hydrogens is 526 g/mol. The highest BCUT2D eigenvalue weighted by Crippen LogP contribution is 2.56. The van der Waals surface area contributed by atoms with E-state index in [1.807, 2.05) is 0 Å². The monoisotopic (exact) mass is 546 g/mol. The lowest BCUT2D eigenvalue weighted by molar-refractivity contribution is 0.0950. The first-order valence-corrected chi connectivity index (χ1v) is 12.2. The van der Waals surface area contributed by atoms with E-state index in [-0.39, 0.29) is 34.1 Å². The molecule has 17 heteroatoms. The molecule has 3 heterocycles. The van der Waals surface area contributed by atoms with Gasteiger partial charge in [-0.05, 0) is 6.92 Å². The van der Waals surface area contributed by atoms with Gasteiger partial charge < -0.3 is 14.2 Å². The lowest BCUT2D eigenvalue weighted by atomic mass is 10.2. The Kier molecular flexibility index (Phi) is 6.94. The maximum atomic E-state index is 14.0. The number of rotatable bonds is 10. The number of anilines is 1. The van der Waals surface area contributed by atoms with Crippen molar-refractivity contribution in [2.75, 3.05) is 26.1 Å². The van der Waals surface area contributed by atoms with Gasteiger partial charge in [0.05, 0.1) is 25.2 Å². The Bertz CT molecular complexity index is 1340. The van der Waals surface area contributed by atoms with Crippen LogP contribution < -0.4 is 14.2 Å². The minimum Gasteiger partial charge on any atom is -0.479 e. The number of sulfonamides is 1. The van der Waals surface area contributed by atoms with Crippen LogP contribution in [0.5, 0.6) is 11.8 Å². The van der Waals surface area contributed by atoms with Gasteiger partial charge in [-0.25, -0.2) is 27.2 Å². The van der Waals surface area contributed by atoms with Gasteiger partial charge >= 0.3 is 0 Å². The van der Waals surface area contributed by atoms with Crippen molar-refractivity contribution in [1.82, 2.24) is 34.7 Å². The fraction of sp³-hybridized carbons (Fsp3) is 0.474. The van der Waals surface area contributed by atoms with Crippen LogP contribution >= 0.6 is 11.6 Å². The molecule has 0 amide bonds. The van der Waals surface area contributed by atoms with E-state index in [1.165, 1.54) is 40.6 Å². The van der Waals surface area contributed by atoms with Crippen molar-refractivity contribution in [3.8, 4) is 17.4 Å². The standard InChI is InChI=1S/C19H21ClF2N8O5S/c1-9(13(33-2)14-23-6-10(20)7-24-14)36(31,32)29-18-28-27-15(11-5-19(11,21)22)30(18)12-16(34-3)25-8-26-17(12)35-4/h6-9,11,13H,5H2,1-4H3,(H,28,29)/t9-,11?,13-/m0/s1. The zero-order valence-electron chi connectivity index (χ0n) is 19.4. The number of halogens is 3. The third kappa shape index (κ3) is 4.75. The van der Waals surface area contributed by atoms with Gasteiger partial charge in [-0.15, -0.1) is 10.2 Å². The van der Waals surface area contributed by atoms with Crippen LogP contribution in [0.1, 0.15) is 37.0 Å². The third-order valence-corrected chi connectivity index (χ3v) is 7.38. The van der Waals surface area contributed by atoms with Crippen molar-refractivity contribution in [2.24, 2.45) is 0 Å². The number of methoxy groups -OCH3 is 3. The molecule has 4 rings (SSSR count). The van der Waals surface area contributed by atoms with Gasteiger partial charge in [0.25, 0.3) is 5.92 Å². The molecule has 0 spiro atoms. The average Bonchev–Trinajstić information content (AvgIpc) is 3.30. The Morgan fingerprint density at radius 3 is 2.19 bits per heavy atom. The second-order valence-corrected chi connectivity index (χ2v) is 10.2. The van der Waals surface area contributed by atoms with E-state index in [9.17, 15) is 17.2 Å². The van der Waals surface area contributed by atoms with Crippen molar-refractivity contribution in [3.63, 3.8) is 0 Å². The van der Waals surface area contributed by atoms with Gasteiger partial charge in [-0.3, -0.25) is 9.29 Å². The molecule has 3 aromatic heterocycles. The van der Waals surface area contributed by atoms with Crippen LogP contribution in [0.3, 0.4) is 0 Å². The molecule has 0 bridgehead atoms. The van der Waals surface area contributed by atoms with Gasteiger partial charge in [-0.2, -0.15) is 9.97 Å². The topological polar surface area (TPSA) is 156 Å². The molecule has 0 aromatic carbocycles. The Morgan fingerprint density at radius 1 is 1.11 bits per heavy atom. The fourth-order valence-corrected chi connectivity index (χ4v) is 4.73. The summed E-state index contributed by atoms with van der Waals surface area (Å²) in [4.78, 5) is 16.0. The number of alkyl halides is 2. The van der Waals surface area contributed by atoms with E-state index in [0.29, 0.717) is 0 Å². The van der Waals surface area contributed by atoms with Crippen LogP contribution in [0.15, 0.2) is 18.7 Å². The fourth-order valence-electron chi connectivity index (χ4n) is 3.50. The van der Waals surface area contributed by atoms with E-state index in [0.717, 1.165) is 10.9 Å². The summed E-state index contributed by atoms with van der Waals surface area (Å²) in [6, 6.07) is 0. The van der Waals surface area contributed by atoms with Crippen LogP contribution in [0, 0.1) is 0 Å². The smallest absolute Gasteiger partial charge is 0.259 e. The molecule has 0 aliphatic heterocycles. The lowest BCUT2D eigenvalue weighted by Gasteiger charge is -2.22. The quantitative estimate of drug-likeness (QED) is 0.397. The molecule has 1 N–H and O–H groups in total. The predicted molar refractivity (Wildman–Crippen MR) is 121 cm³/mol. The van der Waals surface area contributed by atoms with E-state index in [4.69, 9.17) is 25.8 Å². The van der Waals surface area contributed by atoms with Gasteiger partial charge in [0.2, 0.25) is 27.7 Å². The summed E-state index contributed by atoms with van der Waals surface area (Å²) in [6.07, 6.45) is 2.14. The lowest BCUT2D eigenvalue weighted by Crippen LogP contribution is -2.33. The van der Waals surface area contributed by atoms with Crippen LogP contribution in [-0.4, -0.2) is 75.6 Å². The van der Waals surface area contributed by atoms with Gasteiger partial charge in [0.15, 0.2) is 11.5 Å². The molecular formula is C19H21ClF2N8O5S. The number of hydrogen-bond donors (Lipinski definition) is 1. The highest BCUT2D eigenvalue weighted by molar-refractivity contribution is 7.93. The van der Waals surface area contributed by atoms with Crippen LogP contribution in [-0.2, 0) is 14.8 Å². The average molecular weight is 547 g/mol. The highest BCUT2D eigenvalue weighted by atomic mass is 35.5. The summed E-state index contributed by atoms with van der Waals surface area (Å²) >= 11 is 5.82. The Balaban J connectivity index is 1.78. The molecule has 36 heavy (non-hydrogen) atoms. The first-order valence-electron chi connectivity index (χ1n) is 10.3. The second kappa shape index (κ2) is 9.67. The molecule has 1 unspecified atom stereocenters. The predicted octanol–water partition coefficient (Wildman–Crippen LogP) is 2.16. The van der Waals surface area contributed by atoms with E-state index >= 15 is 0 Å². The molecule has 0 saturated heterocycles. The molecule has 194 valence electrons. The van der Waals surface area contributed by atoms with Gasteiger partial charge in [-0.1, -0.05) is 11.6 Å². The molecule has 13 nitrogen and oxygen atoms in total. The number of hydrogen-bond acceptors (Lipinski definition) is 11. The second-order valence-electron chi connectivity index (χ2n) is 7.74. The Hall–Kier alpha value is -3.24. The van der Waals surface area contributed by atoms with Crippen molar-refractivity contribution >= 4 is 27.6 Å². The maximum Gasteiger partial charge on any atom is 0.259 e. The zero-order valence-corrected chi connectivity index (χ0v) is 21.0. The SMILES string of the molecule is COc1ncnc(OC)c1-n1c(NS(=O)(=O)[C@@H](C)[C@H](OC)c2ncc(Cl)cn2)nnc1C1CC1(F)F. The normalized spacial score (nSPS) is 18.4. The largest absolute Gasteiger partial charge is 0.479 e. The maximum absolute atomic E-state index is 14.0. The summed E-state index contributed by atoms with van der Waals surface area (Å²) < 4.78 is 74.0. The molecule has 1 fully saturated rings. The molecule has 1 saturated carbocycles. The minimum atomic E-state index is -4.29. The Morgan fingerprint density at radius 2 is 1.69 bits per heavy atom. The Labute approximate surface area is 209 Å². The number of aromatic nitrogens is 7. The first-order chi connectivity index (χ1) is 17.0. The first kappa shape index (κ1) is 25.8. The van der Waals surface area contributed by atoms with Crippen molar-refractivity contribution in [1.29, 1.82) is 0 Å². The van der Waals surface area contributed by atoms with Gasteiger partial charge in [0.1, 0.15) is 23.5 Å². The molecule has 1 aliphatic rings. The third-order valence-electron chi connectivity index (χ3n) is 5.49. The minimum absolute atomic E-state index is 0.0557. The number of ether oxygens (including phenoxy) is 3. The summed E-state index contributed by atoms with van der Waals surface area (Å²) in [5.41, 5.74) is -0.0557. The summed E-state index contributed by atoms with van der Waals surface area (Å²) in [6.45, 7) is 1.36. The van der Waals surface area contributed by atoms with Crippen molar-refractivity contribution in [2.45, 2.75) is 36.5 Å². The van der Waals surface area contributed by atoms with E-state index in [2.05, 4.69) is 34.9 Å². The van der Waals surface area contributed by atoms with Crippen LogP contribution in [0.4, 0.5) is 14.7 Å². The molecule has 3 aromatic rings. The van der Waals surface area contributed by atoms with E-state index in [1.54, 1.807) is 0 Å². The number of nitrogens with zero attached hydrogens (tertiary/aromatic N) is 7. The summed E-state index contributed by atoms with van der Waals surface area (Å²) in [5, 5.41) is 6.68. The number of nitrogens with one attached hydrogen (secondary N) is 1. The zero-order chi connectivity index (χ0) is 26.3. The van der Waals surface area contributed by atoms with E-state index < -0.39 is 45.6 Å². The van der Waals surface area contributed by atoms with Crippen LogP contribution in [0.25, 0.3) is 5.69 Å². The van der Waals surface area contributed by atoms with Crippen molar-refractivity contribution in [3.05, 3.63) is 35.4 Å². The molecule has 0 radical (unpaired) electrons. The van der Waals surface area contributed by atoms with Crippen LogP contribution in [0.2, 0.25) is 5.02 Å². The van der Waals surface area contributed by atoms with Crippen molar-refractivity contribution < 1.29 is 31.4 Å².